The molecule has 0 aliphatic heterocycles. The van der Waals surface area contributed by atoms with Gasteiger partial charge in [-0.15, -0.1) is 0 Å². The zero-order chi connectivity index (χ0) is 23.1. The van der Waals surface area contributed by atoms with Crippen molar-refractivity contribution in [1.82, 2.24) is 10.2 Å². The topological polar surface area (TPSA) is 130 Å². The number of hydrogen-bond donors (Lipinski definition) is 3. The Morgan fingerprint density at radius 1 is 1.10 bits per heavy atom. The Morgan fingerprint density at radius 2 is 1.60 bits per heavy atom. The maximum Gasteiger partial charge on any atom is 0.408 e. The van der Waals surface area contributed by atoms with Gasteiger partial charge in [0.05, 0.1) is 0 Å². The van der Waals surface area contributed by atoms with Gasteiger partial charge < -0.3 is 16.2 Å². The smallest absolute Gasteiger partial charge is 0.408 e. The molecule has 0 radical (unpaired) electrons. The summed E-state index contributed by atoms with van der Waals surface area (Å²) in [6.07, 6.45) is -2.84. The van der Waals surface area contributed by atoms with Crippen molar-refractivity contribution in [1.29, 1.82) is 0 Å². The minimum atomic E-state index is -3.29. The van der Waals surface area contributed by atoms with Crippen LogP contribution in [0.15, 0.2) is 0 Å². The maximum atomic E-state index is 15.2. The van der Waals surface area contributed by atoms with Gasteiger partial charge in [-0.3, -0.25) is 19.3 Å². The van der Waals surface area contributed by atoms with Crippen molar-refractivity contribution >= 4 is 23.7 Å². The second kappa shape index (κ2) is 7.73. The number of alkyl halides is 3. The molecule has 30 heavy (non-hydrogen) atoms. The lowest BCUT2D eigenvalue weighted by molar-refractivity contribution is -0.168. The van der Waals surface area contributed by atoms with Crippen molar-refractivity contribution in [3.8, 4) is 0 Å². The number of nitrogens with zero attached hydrogens (tertiary/aromatic N) is 1. The number of halogens is 3. The molecule has 1 atom stereocenters. The van der Waals surface area contributed by atoms with Crippen molar-refractivity contribution in [2.75, 3.05) is 0 Å². The number of amides is 3. The van der Waals surface area contributed by atoms with Gasteiger partial charge in [-0.25, -0.2) is 18.0 Å². The van der Waals surface area contributed by atoms with Crippen LogP contribution in [0, 0.1) is 0 Å². The molecule has 0 saturated heterocycles. The predicted molar refractivity (Wildman–Crippen MR) is 99.6 cm³/mol. The van der Waals surface area contributed by atoms with E-state index in [2.05, 4.69) is 5.32 Å². The number of nitrogens with two attached hydrogens (primary N) is 1. The Kier molecular flexibility index (Phi) is 6.17. The monoisotopic (exact) mass is 435 g/mol. The highest BCUT2D eigenvalue weighted by Gasteiger charge is 2.63. The fraction of sp³-hybridized carbons (Fsp3) is 0.789. The van der Waals surface area contributed by atoms with E-state index < -0.39 is 71.7 Å². The third-order valence-corrected chi connectivity index (χ3v) is 5.74. The van der Waals surface area contributed by atoms with E-state index in [1.807, 2.05) is 0 Å². The summed E-state index contributed by atoms with van der Waals surface area (Å²) in [6.45, 7) is 4.51. The Labute approximate surface area is 172 Å². The first-order valence-corrected chi connectivity index (χ1v) is 9.77. The summed E-state index contributed by atoms with van der Waals surface area (Å²) in [4.78, 5) is 49.3. The molecule has 2 aliphatic rings. The van der Waals surface area contributed by atoms with Crippen molar-refractivity contribution in [2.24, 2.45) is 5.73 Å². The molecule has 3 amide bonds. The molecule has 0 aromatic heterocycles. The molecule has 0 bridgehead atoms. The van der Waals surface area contributed by atoms with Gasteiger partial charge >= 0.3 is 6.09 Å². The molecule has 2 fully saturated rings. The average molecular weight is 435 g/mol. The Bertz CT molecular complexity index is 736. The van der Waals surface area contributed by atoms with Crippen LogP contribution >= 0.6 is 0 Å². The van der Waals surface area contributed by atoms with Crippen LogP contribution in [0.2, 0.25) is 0 Å². The van der Waals surface area contributed by atoms with Crippen LogP contribution in [-0.4, -0.2) is 62.4 Å². The molecule has 8 nitrogen and oxygen atoms in total. The van der Waals surface area contributed by atoms with Crippen LogP contribution in [0.4, 0.5) is 18.0 Å². The number of carbonyl (C=O) groups is 4. The van der Waals surface area contributed by atoms with Crippen molar-refractivity contribution in [2.45, 2.75) is 94.4 Å². The summed E-state index contributed by atoms with van der Waals surface area (Å²) in [6, 6.07) is -1.59. The van der Waals surface area contributed by atoms with E-state index >= 15 is 4.39 Å². The van der Waals surface area contributed by atoms with Gasteiger partial charge in [-0.2, -0.15) is 0 Å². The second-order valence-electron chi connectivity index (χ2n) is 9.38. The predicted octanol–water partition coefficient (Wildman–Crippen LogP) is 2.14. The van der Waals surface area contributed by atoms with E-state index in [-0.39, 0.29) is 12.8 Å². The number of carbonyl (C=O) groups excluding carboxylic acids is 3. The summed E-state index contributed by atoms with van der Waals surface area (Å²) >= 11 is 0. The van der Waals surface area contributed by atoms with Gasteiger partial charge in [0.2, 0.25) is 11.7 Å². The summed E-state index contributed by atoms with van der Waals surface area (Å²) in [5, 5.41) is 11.8. The van der Waals surface area contributed by atoms with E-state index in [9.17, 15) is 33.1 Å². The molecule has 0 spiro atoms. The molecule has 170 valence electrons. The summed E-state index contributed by atoms with van der Waals surface area (Å²) in [5.74, 6) is -7.29. The molecule has 2 rings (SSSR count). The normalized spacial score (nSPS) is 22.5. The first-order chi connectivity index (χ1) is 13.5. The standard InChI is InChI=1S/C19H28F3N3O5/c1-16(2,3)25(15(29)30)11(8-17(20)6-4-5-7-17)14(28)24-18(12(26)13(23)27)9-19(21,22)10-18/h11H,4-10H2,1-3H3,(H2,23,27)(H,24,28)(H,29,30)/t11-/m0/s1. The molecule has 0 aromatic rings. The Morgan fingerprint density at radius 3 is 1.97 bits per heavy atom. The third-order valence-electron chi connectivity index (χ3n) is 5.74. The van der Waals surface area contributed by atoms with Crippen LogP contribution in [0.1, 0.15) is 65.7 Å². The zero-order valence-corrected chi connectivity index (χ0v) is 17.3. The minimum absolute atomic E-state index is 0.137. The van der Waals surface area contributed by atoms with Gasteiger partial charge in [0.15, 0.2) is 0 Å². The van der Waals surface area contributed by atoms with E-state index in [1.165, 1.54) is 20.8 Å². The maximum absolute atomic E-state index is 15.2. The van der Waals surface area contributed by atoms with Gasteiger partial charge in [0, 0.05) is 24.8 Å². The highest BCUT2D eigenvalue weighted by molar-refractivity contribution is 6.39. The number of ketones is 1. The minimum Gasteiger partial charge on any atom is -0.465 e. The van der Waals surface area contributed by atoms with Crippen LogP contribution < -0.4 is 11.1 Å². The summed E-state index contributed by atoms with van der Waals surface area (Å²) < 4.78 is 42.3. The molecule has 0 heterocycles. The average Bonchev–Trinajstić information content (AvgIpc) is 2.96. The number of nitrogens with one attached hydrogen (secondary N) is 1. The molecular formula is C19H28F3N3O5. The quantitative estimate of drug-likeness (QED) is 0.528. The SMILES string of the molecule is CC(C)(C)N(C(=O)O)[C@@H](CC1(F)CCCC1)C(=O)NC1(C(=O)C(N)=O)CC(F)(F)C1. The second-order valence-corrected chi connectivity index (χ2v) is 9.38. The van der Waals surface area contributed by atoms with E-state index in [0.717, 1.165) is 4.90 Å². The van der Waals surface area contributed by atoms with Gasteiger partial charge in [0.1, 0.15) is 17.2 Å². The molecule has 4 N–H and O–H groups in total. The molecule has 2 aliphatic carbocycles. The number of primary amides is 1. The van der Waals surface area contributed by atoms with E-state index in [0.29, 0.717) is 12.8 Å². The highest BCUT2D eigenvalue weighted by Crippen LogP contribution is 2.46. The first-order valence-electron chi connectivity index (χ1n) is 9.77. The lowest BCUT2D eigenvalue weighted by atomic mass is 9.70. The number of rotatable bonds is 7. The summed E-state index contributed by atoms with van der Waals surface area (Å²) in [5.41, 5.74) is -0.209. The molecule has 2 saturated carbocycles. The molecule has 11 heteroatoms. The number of carboxylic acid groups (broad SMARTS) is 1. The number of hydrogen-bond acceptors (Lipinski definition) is 4. The zero-order valence-electron chi connectivity index (χ0n) is 17.3. The van der Waals surface area contributed by atoms with Crippen LogP contribution in [0.3, 0.4) is 0 Å². The van der Waals surface area contributed by atoms with E-state index in [4.69, 9.17) is 5.73 Å². The molecule has 0 unspecified atom stereocenters. The lowest BCUT2D eigenvalue weighted by Crippen LogP contribution is -2.71. The van der Waals surface area contributed by atoms with Gasteiger partial charge in [-0.05, 0) is 33.6 Å². The molecular weight excluding hydrogens is 407 g/mol. The number of Topliss-reactive ketones (excluding diaryl/α,β-unsaturated/α-hetero) is 1. The Hall–Kier alpha value is -2.33. The van der Waals surface area contributed by atoms with Gasteiger partial charge in [0.25, 0.3) is 11.8 Å². The van der Waals surface area contributed by atoms with Crippen LogP contribution in [0.5, 0.6) is 0 Å². The van der Waals surface area contributed by atoms with E-state index in [1.54, 1.807) is 0 Å². The van der Waals surface area contributed by atoms with Crippen LogP contribution in [0.25, 0.3) is 0 Å². The Balaban J connectivity index is 2.39. The van der Waals surface area contributed by atoms with Crippen molar-refractivity contribution in [3.05, 3.63) is 0 Å². The van der Waals surface area contributed by atoms with Crippen molar-refractivity contribution < 1.29 is 37.5 Å². The highest BCUT2D eigenvalue weighted by atomic mass is 19.3. The molecule has 0 aromatic carbocycles. The fourth-order valence-corrected chi connectivity index (χ4v) is 4.44. The van der Waals surface area contributed by atoms with Crippen molar-refractivity contribution in [3.63, 3.8) is 0 Å². The summed E-state index contributed by atoms with van der Waals surface area (Å²) in [7, 11) is 0. The first kappa shape index (κ1) is 23.9. The van der Waals surface area contributed by atoms with Crippen LogP contribution in [-0.2, 0) is 14.4 Å². The van der Waals surface area contributed by atoms with Gasteiger partial charge in [-0.1, -0.05) is 12.8 Å². The third kappa shape index (κ3) is 4.86. The fourth-order valence-electron chi connectivity index (χ4n) is 4.44. The lowest BCUT2D eigenvalue weighted by Gasteiger charge is -2.47. The largest absolute Gasteiger partial charge is 0.465 e.